The largest absolute Gasteiger partial charge is 0.481 e. The molecule has 0 spiro atoms. The van der Waals surface area contributed by atoms with Gasteiger partial charge in [0.1, 0.15) is 0 Å². The summed E-state index contributed by atoms with van der Waals surface area (Å²) < 4.78 is 30.7. The quantitative estimate of drug-likeness (QED) is 0.505. The number of anilines is 1. The third-order valence-electron chi connectivity index (χ3n) is 2.68. The van der Waals surface area contributed by atoms with E-state index in [1.54, 1.807) is 4.72 Å². The van der Waals surface area contributed by atoms with Crippen LogP contribution in [-0.4, -0.2) is 42.4 Å². The number of primary amides is 1. The summed E-state index contributed by atoms with van der Waals surface area (Å²) in [6, 6.07) is 2.22. The van der Waals surface area contributed by atoms with Crippen molar-refractivity contribution in [3.05, 3.63) is 40.3 Å². The average molecular weight is 368 g/mol. The van der Waals surface area contributed by atoms with Crippen molar-refractivity contribution in [3.8, 4) is 5.88 Å². The molecule has 13 heteroatoms. The number of aromatic amines is 1. The Morgan fingerprint density at radius 2 is 2.08 bits per heavy atom. The Balaban J connectivity index is 2.24. The second kappa shape index (κ2) is 6.96. The molecule has 0 atom stereocenters. The van der Waals surface area contributed by atoms with Gasteiger partial charge >= 0.3 is 6.03 Å². The van der Waals surface area contributed by atoms with Crippen LogP contribution in [-0.2, 0) is 10.0 Å². The number of amides is 3. The molecule has 12 nitrogen and oxygen atoms in total. The number of hydrogen-bond acceptors (Lipinski definition) is 8. The van der Waals surface area contributed by atoms with Crippen LogP contribution >= 0.6 is 0 Å². The molecular weight excluding hydrogens is 356 g/mol. The van der Waals surface area contributed by atoms with Gasteiger partial charge in [-0.15, -0.1) is 0 Å². The van der Waals surface area contributed by atoms with Crippen LogP contribution in [0.2, 0.25) is 0 Å². The smallest absolute Gasteiger partial charge is 0.335 e. The molecule has 25 heavy (non-hydrogen) atoms. The molecule has 2 aromatic rings. The lowest BCUT2D eigenvalue weighted by Crippen LogP contribution is -2.36. The fourth-order valence-corrected chi connectivity index (χ4v) is 2.74. The van der Waals surface area contributed by atoms with Crippen molar-refractivity contribution in [2.45, 2.75) is 5.03 Å². The number of nitrogens with one attached hydrogen (secondary N) is 3. The Morgan fingerprint density at radius 3 is 2.72 bits per heavy atom. The SMILES string of the molecule is COc1cc(=O)[nH]c(NC(=O)NS(=O)(=O)c2ncccc2C(N)=O)n1. The number of carbonyl (C=O) groups is 2. The van der Waals surface area contributed by atoms with E-state index in [0.29, 0.717) is 0 Å². The van der Waals surface area contributed by atoms with Gasteiger partial charge < -0.3 is 10.5 Å². The summed E-state index contributed by atoms with van der Waals surface area (Å²) >= 11 is 0. The molecule has 0 unspecified atom stereocenters. The number of nitrogens with zero attached hydrogens (tertiary/aromatic N) is 2. The molecule has 0 fully saturated rings. The zero-order valence-corrected chi connectivity index (χ0v) is 13.5. The van der Waals surface area contributed by atoms with Gasteiger partial charge in [0.2, 0.25) is 11.8 Å². The molecule has 5 N–H and O–H groups in total. The summed E-state index contributed by atoms with van der Waals surface area (Å²) in [5, 5.41) is 1.29. The number of methoxy groups -OCH3 is 1. The minimum Gasteiger partial charge on any atom is -0.481 e. The van der Waals surface area contributed by atoms with Gasteiger partial charge in [0.05, 0.1) is 18.7 Å². The molecule has 2 rings (SSSR count). The van der Waals surface area contributed by atoms with E-state index < -0.39 is 38.1 Å². The summed E-state index contributed by atoms with van der Waals surface area (Å²) in [6.07, 6.45) is 1.11. The van der Waals surface area contributed by atoms with E-state index in [0.717, 1.165) is 18.3 Å². The molecule has 3 amide bonds. The van der Waals surface area contributed by atoms with E-state index in [1.807, 2.05) is 5.32 Å². The van der Waals surface area contributed by atoms with Crippen molar-refractivity contribution in [2.75, 3.05) is 12.4 Å². The van der Waals surface area contributed by atoms with Crippen LogP contribution in [0.5, 0.6) is 5.88 Å². The minimum absolute atomic E-state index is 0.0948. The lowest BCUT2D eigenvalue weighted by molar-refractivity contribution is 0.0996. The van der Waals surface area contributed by atoms with Crippen molar-refractivity contribution in [1.82, 2.24) is 19.7 Å². The summed E-state index contributed by atoms with van der Waals surface area (Å²) in [7, 11) is -3.25. The van der Waals surface area contributed by atoms with Crippen LogP contribution in [0, 0.1) is 0 Å². The Hall–Kier alpha value is -3.48. The number of carbonyl (C=O) groups excluding carboxylic acids is 2. The van der Waals surface area contributed by atoms with Gasteiger partial charge in [-0.25, -0.2) is 14.5 Å². The van der Waals surface area contributed by atoms with Crippen LogP contribution in [0.4, 0.5) is 10.7 Å². The Labute approximate surface area is 140 Å². The first kappa shape index (κ1) is 17.9. The first-order valence-corrected chi connectivity index (χ1v) is 7.95. The molecule has 132 valence electrons. The number of sulfonamides is 1. The van der Waals surface area contributed by atoms with Gasteiger partial charge in [-0.05, 0) is 12.1 Å². The molecule has 2 aromatic heterocycles. The number of urea groups is 1. The zero-order valence-electron chi connectivity index (χ0n) is 12.6. The van der Waals surface area contributed by atoms with Crippen molar-refractivity contribution >= 4 is 27.9 Å². The second-order valence-corrected chi connectivity index (χ2v) is 6.01. The van der Waals surface area contributed by atoms with Gasteiger partial charge in [-0.2, -0.15) is 13.4 Å². The molecule has 0 aromatic carbocycles. The number of rotatable bonds is 5. The highest BCUT2D eigenvalue weighted by Crippen LogP contribution is 2.11. The van der Waals surface area contributed by atoms with Gasteiger partial charge in [0, 0.05) is 6.20 Å². The van der Waals surface area contributed by atoms with Crippen molar-refractivity contribution in [1.29, 1.82) is 0 Å². The minimum atomic E-state index is -4.51. The molecule has 0 saturated heterocycles. The Kier molecular flexibility index (Phi) is 4.97. The third kappa shape index (κ3) is 4.29. The topological polar surface area (TPSA) is 186 Å². The monoisotopic (exact) mass is 368 g/mol. The molecule has 0 aliphatic rings. The highest BCUT2D eigenvalue weighted by atomic mass is 32.2. The third-order valence-corrected chi connectivity index (χ3v) is 3.97. The summed E-state index contributed by atoms with van der Waals surface area (Å²) in [5.41, 5.74) is 4.05. The van der Waals surface area contributed by atoms with E-state index in [-0.39, 0.29) is 11.8 Å². The molecule has 2 heterocycles. The summed E-state index contributed by atoms with van der Waals surface area (Å²) in [4.78, 5) is 43.9. The summed E-state index contributed by atoms with van der Waals surface area (Å²) in [6.45, 7) is 0. The molecule has 0 aliphatic carbocycles. The molecule has 0 radical (unpaired) electrons. The standard InChI is InChI=1S/C12H12N6O6S/c1-24-8-5-7(19)15-11(16-8)17-12(21)18-25(22,23)10-6(9(13)20)3-2-4-14-10/h2-5H,1H3,(H2,13,20)(H3,15,16,17,18,19,21). The van der Waals surface area contributed by atoms with Crippen LogP contribution in [0.1, 0.15) is 10.4 Å². The maximum absolute atomic E-state index is 12.2. The fraction of sp³-hybridized carbons (Fsp3) is 0.0833. The summed E-state index contributed by atoms with van der Waals surface area (Å²) in [5.74, 6) is -1.48. The van der Waals surface area contributed by atoms with Gasteiger partial charge in [-0.3, -0.25) is 19.9 Å². The molecule has 0 saturated carbocycles. The van der Waals surface area contributed by atoms with E-state index in [4.69, 9.17) is 10.5 Å². The lowest BCUT2D eigenvalue weighted by atomic mass is 10.3. The predicted octanol–water partition coefficient (Wildman–Crippen LogP) is -1.22. The number of hydrogen-bond donors (Lipinski definition) is 4. The van der Waals surface area contributed by atoms with E-state index in [9.17, 15) is 22.8 Å². The van der Waals surface area contributed by atoms with Crippen LogP contribution in [0.25, 0.3) is 0 Å². The number of aromatic nitrogens is 3. The average Bonchev–Trinajstić information content (AvgIpc) is 2.53. The fourth-order valence-electron chi connectivity index (χ4n) is 1.70. The van der Waals surface area contributed by atoms with Gasteiger partial charge in [0.15, 0.2) is 5.03 Å². The van der Waals surface area contributed by atoms with Gasteiger partial charge in [0.25, 0.3) is 21.5 Å². The maximum Gasteiger partial charge on any atom is 0.335 e. The first-order valence-electron chi connectivity index (χ1n) is 6.47. The lowest BCUT2D eigenvalue weighted by Gasteiger charge is -2.09. The number of pyridine rings is 1. The van der Waals surface area contributed by atoms with Crippen molar-refractivity contribution in [2.24, 2.45) is 5.73 Å². The zero-order chi connectivity index (χ0) is 18.6. The highest BCUT2D eigenvalue weighted by molar-refractivity contribution is 7.90. The Morgan fingerprint density at radius 1 is 1.36 bits per heavy atom. The second-order valence-electron chi connectivity index (χ2n) is 4.42. The molecule has 0 bridgehead atoms. The van der Waals surface area contributed by atoms with E-state index in [1.165, 1.54) is 13.2 Å². The van der Waals surface area contributed by atoms with Crippen molar-refractivity contribution < 1.29 is 22.7 Å². The Bertz CT molecular complexity index is 986. The maximum atomic E-state index is 12.2. The normalized spacial score (nSPS) is 10.8. The van der Waals surface area contributed by atoms with E-state index >= 15 is 0 Å². The predicted molar refractivity (Wildman–Crippen MR) is 83.5 cm³/mol. The first-order chi connectivity index (χ1) is 11.7. The van der Waals surface area contributed by atoms with Crippen LogP contribution in [0.3, 0.4) is 0 Å². The molecular formula is C12H12N6O6S. The number of ether oxygens (including phenoxy) is 1. The van der Waals surface area contributed by atoms with Gasteiger partial charge in [-0.1, -0.05) is 0 Å². The highest BCUT2D eigenvalue weighted by Gasteiger charge is 2.25. The van der Waals surface area contributed by atoms with E-state index in [2.05, 4.69) is 15.0 Å². The van der Waals surface area contributed by atoms with Crippen LogP contribution in [0.15, 0.2) is 34.2 Å². The number of nitrogens with two attached hydrogens (primary N) is 1. The number of H-pyrrole nitrogens is 1. The van der Waals surface area contributed by atoms with Crippen LogP contribution < -0.4 is 26.1 Å². The van der Waals surface area contributed by atoms with Crippen molar-refractivity contribution in [3.63, 3.8) is 0 Å². The molecule has 0 aliphatic heterocycles.